The highest BCUT2D eigenvalue weighted by atomic mass is 32.1. The van der Waals surface area contributed by atoms with Crippen molar-refractivity contribution in [1.82, 2.24) is 9.88 Å². The SMILES string of the molecule is CC12CCN(C(=O)c3sc4nc(-c5ccccc5)cc(-c5ccccc5)c4c3N)C(C1)C(C)(C)C2. The van der Waals surface area contributed by atoms with Gasteiger partial charge in [0.15, 0.2) is 0 Å². The van der Waals surface area contributed by atoms with Crippen molar-refractivity contribution in [3.05, 3.63) is 71.6 Å². The molecule has 1 saturated heterocycles. The van der Waals surface area contributed by atoms with Crippen molar-refractivity contribution in [2.24, 2.45) is 10.8 Å². The molecule has 3 heterocycles. The Morgan fingerprint density at radius 3 is 2.37 bits per heavy atom. The van der Waals surface area contributed by atoms with E-state index in [1.54, 1.807) is 0 Å². The molecular weight excluding hydrogens is 450 g/mol. The number of rotatable bonds is 3. The first-order valence-electron chi connectivity index (χ1n) is 12.4. The highest BCUT2D eigenvalue weighted by molar-refractivity contribution is 7.21. The summed E-state index contributed by atoms with van der Waals surface area (Å²) in [4.78, 5) is 22.5. The molecule has 2 aromatic heterocycles. The Morgan fingerprint density at radius 1 is 1.03 bits per heavy atom. The number of likely N-dealkylation sites (tertiary alicyclic amines) is 1. The highest BCUT2D eigenvalue weighted by Gasteiger charge is 2.53. The van der Waals surface area contributed by atoms with Crippen LogP contribution in [0.5, 0.6) is 0 Å². The lowest BCUT2D eigenvalue weighted by molar-refractivity contribution is 0.0480. The molecular formula is C30H31N3OS. The largest absolute Gasteiger partial charge is 0.397 e. The van der Waals surface area contributed by atoms with Gasteiger partial charge in [-0.2, -0.15) is 0 Å². The molecule has 6 rings (SSSR count). The number of hydrogen-bond donors (Lipinski definition) is 1. The second-order valence-corrected chi connectivity index (χ2v) is 12.3. The monoisotopic (exact) mass is 481 g/mol. The molecule has 4 aromatic rings. The number of nitrogens with two attached hydrogens (primary N) is 1. The third kappa shape index (κ3) is 3.64. The van der Waals surface area contributed by atoms with Crippen molar-refractivity contribution >= 4 is 33.1 Å². The summed E-state index contributed by atoms with van der Waals surface area (Å²) in [6, 6.07) is 22.8. The second-order valence-electron chi connectivity index (χ2n) is 11.3. The van der Waals surface area contributed by atoms with Crippen molar-refractivity contribution in [2.75, 3.05) is 12.3 Å². The van der Waals surface area contributed by atoms with E-state index in [1.807, 2.05) is 36.4 Å². The topological polar surface area (TPSA) is 59.2 Å². The molecule has 0 radical (unpaired) electrons. The highest BCUT2D eigenvalue weighted by Crippen LogP contribution is 2.56. The van der Waals surface area contributed by atoms with Gasteiger partial charge in [-0.25, -0.2) is 4.98 Å². The third-order valence-corrected chi connectivity index (χ3v) is 9.20. The van der Waals surface area contributed by atoms with E-state index in [0.717, 1.165) is 58.4 Å². The predicted octanol–water partition coefficient (Wildman–Crippen LogP) is 7.25. The Kier molecular flexibility index (Phi) is 5.05. The molecule has 1 saturated carbocycles. The number of aromatic nitrogens is 1. The Hall–Kier alpha value is -3.18. The van der Waals surface area contributed by atoms with Gasteiger partial charge in [0, 0.05) is 23.5 Å². The molecule has 2 aliphatic rings. The van der Waals surface area contributed by atoms with E-state index >= 15 is 0 Å². The molecule has 1 amide bonds. The molecule has 1 aliphatic carbocycles. The molecule has 0 spiro atoms. The minimum atomic E-state index is 0.0628. The zero-order chi connectivity index (χ0) is 24.4. The van der Waals surface area contributed by atoms with Crippen LogP contribution in [0, 0.1) is 10.8 Å². The molecule has 1 aliphatic heterocycles. The number of anilines is 1. The maximum absolute atomic E-state index is 14.0. The molecule has 2 bridgehead atoms. The first-order chi connectivity index (χ1) is 16.8. The summed E-state index contributed by atoms with van der Waals surface area (Å²) in [5, 5.41) is 0.886. The predicted molar refractivity (Wildman–Crippen MR) is 145 cm³/mol. The summed E-state index contributed by atoms with van der Waals surface area (Å²) in [5.41, 5.74) is 11.8. The Labute approximate surface area is 210 Å². The maximum Gasteiger partial charge on any atom is 0.266 e. The van der Waals surface area contributed by atoms with Gasteiger partial charge in [0.1, 0.15) is 9.71 Å². The van der Waals surface area contributed by atoms with Gasteiger partial charge in [0.25, 0.3) is 5.91 Å². The molecule has 2 N–H and O–H groups in total. The zero-order valence-electron chi connectivity index (χ0n) is 20.5. The lowest BCUT2D eigenvalue weighted by atomic mass is 9.81. The van der Waals surface area contributed by atoms with E-state index in [0.29, 0.717) is 16.0 Å². The molecule has 4 nitrogen and oxygen atoms in total. The first-order valence-corrected chi connectivity index (χ1v) is 13.2. The number of pyridine rings is 1. The van der Waals surface area contributed by atoms with Crippen LogP contribution in [0.4, 0.5) is 5.69 Å². The van der Waals surface area contributed by atoms with Gasteiger partial charge in [-0.15, -0.1) is 11.3 Å². The summed E-state index contributed by atoms with van der Waals surface area (Å²) < 4.78 is 0. The maximum atomic E-state index is 14.0. The molecule has 2 unspecified atom stereocenters. The van der Waals surface area contributed by atoms with E-state index in [4.69, 9.17) is 10.7 Å². The fourth-order valence-electron chi connectivity index (χ4n) is 6.56. The number of carbonyl (C=O) groups excluding carboxylic acids is 1. The summed E-state index contributed by atoms with van der Waals surface area (Å²) >= 11 is 1.44. The fourth-order valence-corrected chi connectivity index (χ4v) is 7.63. The number of fused-ring (bicyclic) bond motifs is 3. The van der Waals surface area contributed by atoms with Gasteiger partial charge < -0.3 is 10.6 Å². The van der Waals surface area contributed by atoms with Crippen molar-refractivity contribution in [3.63, 3.8) is 0 Å². The quantitative estimate of drug-likeness (QED) is 0.335. The van der Waals surface area contributed by atoms with E-state index in [1.165, 1.54) is 11.3 Å². The van der Waals surface area contributed by atoms with E-state index < -0.39 is 0 Å². The number of thiophene rings is 1. The van der Waals surface area contributed by atoms with Crippen molar-refractivity contribution < 1.29 is 4.79 Å². The van der Waals surface area contributed by atoms with Crippen LogP contribution in [-0.2, 0) is 0 Å². The molecule has 2 atom stereocenters. The van der Waals surface area contributed by atoms with E-state index in [2.05, 4.69) is 56.0 Å². The van der Waals surface area contributed by atoms with Crippen LogP contribution >= 0.6 is 11.3 Å². The zero-order valence-corrected chi connectivity index (χ0v) is 21.4. The smallest absolute Gasteiger partial charge is 0.266 e. The molecule has 2 fully saturated rings. The van der Waals surface area contributed by atoms with Crippen LogP contribution in [0.1, 0.15) is 49.7 Å². The van der Waals surface area contributed by atoms with Gasteiger partial charge in [-0.05, 0) is 47.3 Å². The number of amides is 1. The van der Waals surface area contributed by atoms with Gasteiger partial charge >= 0.3 is 0 Å². The molecule has 2 aromatic carbocycles. The number of carbonyl (C=O) groups is 1. The van der Waals surface area contributed by atoms with Crippen LogP contribution in [0.25, 0.3) is 32.6 Å². The van der Waals surface area contributed by atoms with E-state index in [9.17, 15) is 4.79 Å². The summed E-state index contributed by atoms with van der Waals surface area (Å²) in [6.45, 7) is 7.80. The Morgan fingerprint density at radius 2 is 1.69 bits per heavy atom. The summed E-state index contributed by atoms with van der Waals surface area (Å²) in [7, 11) is 0. The van der Waals surface area contributed by atoms with Crippen LogP contribution in [0.3, 0.4) is 0 Å². The average molecular weight is 482 g/mol. The first kappa shape index (κ1) is 22.3. The third-order valence-electron chi connectivity index (χ3n) is 8.11. The fraction of sp³-hybridized carbons (Fsp3) is 0.333. The molecule has 35 heavy (non-hydrogen) atoms. The molecule has 178 valence electrons. The average Bonchev–Trinajstić information content (AvgIpc) is 3.29. The van der Waals surface area contributed by atoms with Crippen molar-refractivity contribution in [3.8, 4) is 22.4 Å². The lowest BCUT2D eigenvalue weighted by Crippen LogP contribution is -2.48. The minimum Gasteiger partial charge on any atom is -0.397 e. The second kappa shape index (κ2) is 7.92. The lowest BCUT2D eigenvalue weighted by Gasteiger charge is -2.40. The van der Waals surface area contributed by atoms with Gasteiger partial charge in [0.05, 0.1) is 11.4 Å². The number of piperidine rings is 1. The van der Waals surface area contributed by atoms with Crippen molar-refractivity contribution in [2.45, 2.75) is 46.1 Å². The van der Waals surface area contributed by atoms with Gasteiger partial charge in [-0.1, -0.05) is 81.4 Å². The minimum absolute atomic E-state index is 0.0628. The number of nitrogens with zero attached hydrogens (tertiary/aromatic N) is 2. The normalized spacial score (nSPS) is 23.1. The van der Waals surface area contributed by atoms with Crippen LogP contribution in [0.15, 0.2) is 66.7 Å². The van der Waals surface area contributed by atoms with Crippen LogP contribution < -0.4 is 5.73 Å². The number of benzene rings is 2. The van der Waals surface area contributed by atoms with Gasteiger partial charge in [-0.3, -0.25) is 4.79 Å². The number of hydrogen-bond acceptors (Lipinski definition) is 4. The Bertz CT molecular complexity index is 1430. The Balaban J connectivity index is 1.50. The van der Waals surface area contributed by atoms with Crippen LogP contribution in [-0.4, -0.2) is 28.4 Å². The van der Waals surface area contributed by atoms with Gasteiger partial charge in [0.2, 0.25) is 0 Å². The number of nitrogen functional groups attached to an aromatic ring is 1. The summed E-state index contributed by atoms with van der Waals surface area (Å²) in [5.74, 6) is 0.0628. The standard InChI is InChI=1S/C30H31N3OS/c1-29(2)18-30(3)14-15-33(23(29)17-30)28(34)26-25(31)24-21(19-10-6-4-7-11-19)16-22(32-27(24)35-26)20-12-8-5-9-13-20/h4-13,16,23H,14-15,17-18,31H2,1-3H3. The van der Waals surface area contributed by atoms with Crippen LogP contribution in [0.2, 0.25) is 0 Å². The van der Waals surface area contributed by atoms with E-state index in [-0.39, 0.29) is 17.4 Å². The summed E-state index contributed by atoms with van der Waals surface area (Å²) in [6.07, 6.45) is 3.29. The van der Waals surface area contributed by atoms with Crippen molar-refractivity contribution in [1.29, 1.82) is 0 Å². The molecule has 5 heteroatoms.